The summed E-state index contributed by atoms with van der Waals surface area (Å²) < 4.78 is 21.1. The smallest absolute Gasteiger partial charge is 0.235 e. The van der Waals surface area contributed by atoms with E-state index < -0.39 is 0 Å². The minimum absolute atomic E-state index is 0.141. The lowest BCUT2D eigenvalue weighted by molar-refractivity contribution is -0.126. The number of carbonyl (C=O) groups is 2. The number of nitrogens with zero attached hydrogens (tertiary/aromatic N) is 1. The first-order chi connectivity index (χ1) is 15.5. The van der Waals surface area contributed by atoms with Gasteiger partial charge in [-0.1, -0.05) is 6.07 Å². The molecule has 0 bridgehead atoms. The molecule has 3 rings (SSSR count). The van der Waals surface area contributed by atoms with E-state index in [1.54, 1.807) is 58.9 Å². The second kappa shape index (κ2) is 10.4. The van der Waals surface area contributed by atoms with E-state index in [0.717, 1.165) is 16.7 Å². The summed E-state index contributed by atoms with van der Waals surface area (Å²) in [6.45, 7) is 0. The second-order valence-corrected chi connectivity index (χ2v) is 6.95. The zero-order chi connectivity index (χ0) is 23.1. The van der Waals surface area contributed by atoms with E-state index in [1.165, 1.54) is 17.3 Å². The molecule has 1 N–H and O–H groups in total. The van der Waals surface area contributed by atoms with E-state index in [1.807, 2.05) is 12.1 Å². The largest absolute Gasteiger partial charge is 0.493 e. The molecular weight excluding hydrogens is 412 g/mol. The number of amides is 2. The molecule has 0 aromatic heterocycles. The van der Waals surface area contributed by atoms with Gasteiger partial charge in [-0.05, 0) is 47.0 Å². The van der Waals surface area contributed by atoms with E-state index >= 15 is 0 Å². The van der Waals surface area contributed by atoms with Gasteiger partial charge in [0.25, 0.3) is 0 Å². The van der Waals surface area contributed by atoms with Gasteiger partial charge in [-0.3, -0.25) is 14.5 Å². The Labute approximate surface area is 187 Å². The van der Waals surface area contributed by atoms with Gasteiger partial charge in [0, 0.05) is 18.6 Å². The molecule has 0 aliphatic carbocycles. The maximum absolute atomic E-state index is 12.6. The number of nitrogens with one attached hydrogen (secondary N) is 1. The predicted octanol–water partition coefficient (Wildman–Crippen LogP) is 2.91. The molecule has 2 aromatic carbocycles. The van der Waals surface area contributed by atoms with Crippen LogP contribution in [0, 0.1) is 0 Å². The van der Waals surface area contributed by atoms with Crippen LogP contribution < -0.4 is 24.3 Å². The fourth-order valence-electron chi connectivity index (χ4n) is 3.31. The minimum atomic E-state index is -0.225. The first-order valence-electron chi connectivity index (χ1n) is 9.90. The summed E-state index contributed by atoms with van der Waals surface area (Å²) in [4.78, 5) is 26.4. The summed E-state index contributed by atoms with van der Waals surface area (Å²) in [5.74, 6) is 1.95. The molecule has 0 fully saturated rings. The lowest BCUT2D eigenvalue weighted by atomic mass is 10.0. The zero-order valence-corrected chi connectivity index (χ0v) is 18.5. The van der Waals surface area contributed by atoms with Gasteiger partial charge in [-0.25, -0.2) is 0 Å². The van der Waals surface area contributed by atoms with E-state index in [-0.39, 0.29) is 24.7 Å². The fourth-order valence-corrected chi connectivity index (χ4v) is 3.31. The van der Waals surface area contributed by atoms with Gasteiger partial charge in [0.1, 0.15) is 0 Å². The molecule has 0 saturated carbocycles. The summed E-state index contributed by atoms with van der Waals surface area (Å²) in [7, 11) is 6.22. The number of ether oxygens (including phenoxy) is 4. The summed E-state index contributed by atoms with van der Waals surface area (Å²) >= 11 is 0. The molecular formula is C24H26N2O6. The van der Waals surface area contributed by atoms with Crippen molar-refractivity contribution in [1.82, 2.24) is 10.2 Å². The molecule has 2 amide bonds. The average molecular weight is 438 g/mol. The second-order valence-electron chi connectivity index (χ2n) is 6.95. The van der Waals surface area contributed by atoms with Crippen molar-refractivity contribution in [2.75, 3.05) is 28.4 Å². The van der Waals surface area contributed by atoms with Gasteiger partial charge in [-0.2, -0.15) is 0 Å². The van der Waals surface area contributed by atoms with E-state index in [4.69, 9.17) is 18.9 Å². The Balaban J connectivity index is 1.64. The highest BCUT2D eigenvalue weighted by Crippen LogP contribution is 2.32. The highest BCUT2D eigenvalue weighted by atomic mass is 16.5. The molecule has 0 radical (unpaired) electrons. The van der Waals surface area contributed by atoms with Gasteiger partial charge < -0.3 is 24.3 Å². The van der Waals surface area contributed by atoms with Crippen molar-refractivity contribution in [3.05, 3.63) is 65.6 Å². The normalized spacial score (nSPS) is 12.9. The van der Waals surface area contributed by atoms with Crippen LogP contribution in [0.15, 0.2) is 48.9 Å². The van der Waals surface area contributed by atoms with Crippen LogP contribution >= 0.6 is 0 Å². The lowest BCUT2D eigenvalue weighted by Crippen LogP contribution is -2.24. The summed E-state index contributed by atoms with van der Waals surface area (Å²) in [6, 6.07) is 8.93. The number of fused-ring (bicyclic) bond motifs is 1. The monoisotopic (exact) mass is 438 g/mol. The van der Waals surface area contributed by atoms with Crippen molar-refractivity contribution in [3.8, 4) is 23.0 Å². The molecule has 1 aliphatic rings. The highest BCUT2D eigenvalue weighted by Gasteiger charge is 2.18. The molecule has 1 aliphatic heterocycles. The lowest BCUT2D eigenvalue weighted by Gasteiger charge is -2.13. The predicted molar refractivity (Wildman–Crippen MR) is 120 cm³/mol. The number of rotatable bonds is 8. The van der Waals surface area contributed by atoms with E-state index in [2.05, 4.69) is 5.32 Å². The molecule has 1 heterocycles. The van der Waals surface area contributed by atoms with Gasteiger partial charge in [0.15, 0.2) is 23.0 Å². The topological polar surface area (TPSA) is 86.3 Å². The first kappa shape index (κ1) is 22.7. The molecule has 32 heavy (non-hydrogen) atoms. The SMILES string of the molecule is COc1ccc(CC(=O)N/C=C/N2C=Cc3cc(OC)c(OC)cc3CC2=O)cc1OC. The Morgan fingerprint density at radius 3 is 2.31 bits per heavy atom. The van der Waals surface area contributed by atoms with Crippen LogP contribution in [0.25, 0.3) is 6.08 Å². The fraction of sp³-hybridized carbons (Fsp3) is 0.250. The molecule has 0 atom stereocenters. The van der Waals surface area contributed by atoms with Crippen molar-refractivity contribution >= 4 is 17.9 Å². The van der Waals surface area contributed by atoms with Crippen molar-refractivity contribution in [3.63, 3.8) is 0 Å². The van der Waals surface area contributed by atoms with Gasteiger partial charge >= 0.3 is 0 Å². The third-order valence-electron chi connectivity index (χ3n) is 4.98. The zero-order valence-electron chi connectivity index (χ0n) is 18.5. The van der Waals surface area contributed by atoms with Crippen LogP contribution in [0.2, 0.25) is 0 Å². The summed E-state index contributed by atoms with van der Waals surface area (Å²) in [5.41, 5.74) is 2.47. The van der Waals surface area contributed by atoms with Crippen LogP contribution in [-0.2, 0) is 22.4 Å². The van der Waals surface area contributed by atoms with Crippen molar-refractivity contribution in [2.45, 2.75) is 12.8 Å². The standard InChI is InChI=1S/C24H26N2O6/c1-29-19-6-5-16(11-20(19)30-2)12-23(27)25-8-10-26-9-7-17-13-21(31-3)22(32-4)14-18(17)15-24(26)28/h5-11,13-14H,12,15H2,1-4H3,(H,25,27)/b10-8+. The molecule has 0 unspecified atom stereocenters. The summed E-state index contributed by atoms with van der Waals surface area (Å²) in [6.07, 6.45) is 6.77. The van der Waals surface area contributed by atoms with Crippen LogP contribution in [0.4, 0.5) is 0 Å². The number of carbonyl (C=O) groups excluding carboxylic acids is 2. The Morgan fingerprint density at radius 1 is 0.969 bits per heavy atom. The maximum atomic E-state index is 12.6. The molecule has 8 nitrogen and oxygen atoms in total. The van der Waals surface area contributed by atoms with Gasteiger partial charge in [-0.15, -0.1) is 0 Å². The third kappa shape index (κ3) is 5.21. The Hall–Kier alpha value is -3.94. The molecule has 0 saturated heterocycles. The van der Waals surface area contributed by atoms with E-state index in [9.17, 15) is 9.59 Å². The van der Waals surface area contributed by atoms with Gasteiger partial charge in [0.2, 0.25) is 11.8 Å². The Bertz CT molecular complexity index is 1060. The number of hydrogen-bond acceptors (Lipinski definition) is 6. The van der Waals surface area contributed by atoms with Gasteiger partial charge in [0.05, 0.1) is 41.3 Å². The quantitative estimate of drug-likeness (QED) is 0.682. The van der Waals surface area contributed by atoms with Crippen molar-refractivity contribution < 1.29 is 28.5 Å². The molecule has 2 aromatic rings. The van der Waals surface area contributed by atoms with Crippen LogP contribution in [0.3, 0.4) is 0 Å². The highest BCUT2D eigenvalue weighted by molar-refractivity contribution is 5.85. The van der Waals surface area contributed by atoms with E-state index in [0.29, 0.717) is 23.0 Å². The van der Waals surface area contributed by atoms with Crippen LogP contribution in [0.1, 0.15) is 16.7 Å². The summed E-state index contributed by atoms with van der Waals surface area (Å²) in [5, 5.41) is 2.68. The Kier molecular flexibility index (Phi) is 7.38. The first-order valence-corrected chi connectivity index (χ1v) is 9.90. The Morgan fingerprint density at radius 2 is 1.62 bits per heavy atom. The molecule has 8 heteroatoms. The number of benzene rings is 2. The van der Waals surface area contributed by atoms with Crippen molar-refractivity contribution in [2.24, 2.45) is 0 Å². The third-order valence-corrected chi connectivity index (χ3v) is 4.98. The van der Waals surface area contributed by atoms with Crippen molar-refractivity contribution in [1.29, 1.82) is 0 Å². The number of methoxy groups -OCH3 is 4. The van der Waals surface area contributed by atoms with Crippen LogP contribution in [0.5, 0.6) is 23.0 Å². The van der Waals surface area contributed by atoms with Crippen LogP contribution in [-0.4, -0.2) is 45.2 Å². The average Bonchev–Trinajstić information content (AvgIpc) is 2.95. The number of hydrogen-bond donors (Lipinski definition) is 1. The minimum Gasteiger partial charge on any atom is -0.493 e. The maximum Gasteiger partial charge on any atom is 0.235 e. The molecule has 168 valence electrons. The molecule has 0 spiro atoms.